The molecule has 1 aromatic rings. The molecule has 0 aromatic heterocycles. The number of hydrogen-bond acceptors (Lipinski definition) is 0. The highest BCUT2D eigenvalue weighted by atomic mass is 14.2. The van der Waals surface area contributed by atoms with Crippen molar-refractivity contribution in [3.05, 3.63) is 59.7 Å². The van der Waals surface area contributed by atoms with E-state index in [0.29, 0.717) is 11.8 Å². The highest BCUT2D eigenvalue weighted by Crippen LogP contribution is 2.33. The van der Waals surface area contributed by atoms with Crippen LogP contribution in [0, 0.1) is 5.92 Å². The van der Waals surface area contributed by atoms with Crippen LogP contribution in [-0.4, -0.2) is 0 Å². The van der Waals surface area contributed by atoms with Gasteiger partial charge in [-0.05, 0) is 18.4 Å². The van der Waals surface area contributed by atoms with Crippen molar-refractivity contribution in [1.82, 2.24) is 0 Å². The lowest BCUT2D eigenvalue weighted by atomic mass is 9.80. The van der Waals surface area contributed by atoms with Gasteiger partial charge in [-0.1, -0.05) is 61.1 Å². The summed E-state index contributed by atoms with van der Waals surface area (Å²) in [6.07, 6.45) is 6.68. The Morgan fingerprint density at radius 2 is 1.79 bits per heavy atom. The van der Waals surface area contributed by atoms with E-state index in [-0.39, 0.29) is 0 Å². The summed E-state index contributed by atoms with van der Waals surface area (Å²) < 4.78 is 0. The summed E-state index contributed by atoms with van der Waals surface area (Å²) in [7, 11) is 0. The first-order chi connectivity index (χ1) is 6.79. The summed E-state index contributed by atoms with van der Waals surface area (Å²) in [5.41, 5.74) is 2.89. The average Bonchev–Trinajstić information content (AvgIpc) is 2.23. The second-order valence-electron chi connectivity index (χ2n) is 4.02. The van der Waals surface area contributed by atoms with E-state index in [1.165, 1.54) is 11.1 Å². The molecule has 1 aliphatic rings. The molecule has 1 aliphatic carbocycles. The molecule has 0 nitrogen and oxygen atoms in total. The first-order valence-electron chi connectivity index (χ1n) is 5.19. The van der Waals surface area contributed by atoms with E-state index in [4.69, 9.17) is 0 Å². The molecular weight excluding hydrogens is 168 g/mol. The van der Waals surface area contributed by atoms with E-state index in [2.05, 4.69) is 62.4 Å². The van der Waals surface area contributed by atoms with Gasteiger partial charge in [-0.3, -0.25) is 0 Å². The Morgan fingerprint density at radius 3 is 2.50 bits per heavy atom. The van der Waals surface area contributed by atoms with Gasteiger partial charge in [0.25, 0.3) is 0 Å². The second-order valence-corrected chi connectivity index (χ2v) is 4.02. The van der Waals surface area contributed by atoms with Crippen molar-refractivity contribution in [1.29, 1.82) is 0 Å². The van der Waals surface area contributed by atoms with Crippen LogP contribution in [0.5, 0.6) is 0 Å². The third-order valence-corrected chi connectivity index (χ3v) is 3.12. The van der Waals surface area contributed by atoms with Gasteiger partial charge in [0.15, 0.2) is 0 Å². The van der Waals surface area contributed by atoms with Crippen LogP contribution in [0.3, 0.4) is 0 Å². The molecule has 0 saturated heterocycles. The molecule has 0 spiro atoms. The molecule has 72 valence electrons. The van der Waals surface area contributed by atoms with Gasteiger partial charge in [0.2, 0.25) is 0 Å². The summed E-state index contributed by atoms with van der Waals surface area (Å²) in [5, 5.41) is 0. The molecular formula is C14H16. The highest BCUT2D eigenvalue weighted by Gasteiger charge is 2.19. The molecule has 0 aliphatic heterocycles. The molecule has 0 saturated carbocycles. The SMILES string of the molecule is CC1=CC=CC(c2ccccc2)C1C. The Bertz CT molecular complexity index is 357. The zero-order chi connectivity index (χ0) is 9.97. The Kier molecular flexibility index (Phi) is 2.53. The lowest BCUT2D eigenvalue weighted by Gasteiger charge is -2.24. The molecule has 0 heteroatoms. The van der Waals surface area contributed by atoms with Crippen molar-refractivity contribution in [2.75, 3.05) is 0 Å². The van der Waals surface area contributed by atoms with Crippen LogP contribution >= 0.6 is 0 Å². The van der Waals surface area contributed by atoms with Crippen molar-refractivity contribution in [2.24, 2.45) is 5.92 Å². The summed E-state index contributed by atoms with van der Waals surface area (Å²) in [6.45, 7) is 4.51. The van der Waals surface area contributed by atoms with Gasteiger partial charge < -0.3 is 0 Å². The largest absolute Gasteiger partial charge is 0.0764 e. The fourth-order valence-corrected chi connectivity index (χ4v) is 2.00. The maximum Gasteiger partial charge on any atom is 0.00839 e. The van der Waals surface area contributed by atoms with Crippen molar-refractivity contribution in [2.45, 2.75) is 19.8 Å². The van der Waals surface area contributed by atoms with Gasteiger partial charge >= 0.3 is 0 Å². The maximum absolute atomic E-state index is 2.30. The number of hydrogen-bond donors (Lipinski definition) is 0. The average molecular weight is 184 g/mol. The van der Waals surface area contributed by atoms with Gasteiger partial charge in [-0.25, -0.2) is 0 Å². The fourth-order valence-electron chi connectivity index (χ4n) is 2.00. The minimum absolute atomic E-state index is 0.557. The summed E-state index contributed by atoms with van der Waals surface area (Å²) in [4.78, 5) is 0. The quantitative estimate of drug-likeness (QED) is 0.620. The van der Waals surface area contributed by atoms with Crippen LogP contribution in [0.2, 0.25) is 0 Å². The first kappa shape index (κ1) is 9.26. The zero-order valence-electron chi connectivity index (χ0n) is 8.77. The number of rotatable bonds is 1. The third-order valence-electron chi connectivity index (χ3n) is 3.12. The fraction of sp³-hybridized carbons (Fsp3) is 0.286. The van der Waals surface area contributed by atoms with Crippen LogP contribution in [-0.2, 0) is 0 Å². The maximum atomic E-state index is 2.30. The lowest BCUT2D eigenvalue weighted by Crippen LogP contribution is -2.11. The number of benzene rings is 1. The molecule has 0 radical (unpaired) electrons. The minimum atomic E-state index is 0.557. The zero-order valence-corrected chi connectivity index (χ0v) is 8.77. The smallest absolute Gasteiger partial charge is 0.00839 e. The van der Waals surface area contributed by atoms with Crippen molar-refractivity contribution < 1.29 is 0 Å². The highest BCUT2D eigenvalue weighted by molar-refractivity contribution is 5.32. The topological polar surface area (TPSA) is 0 Å². The van der Waals surface area contributed by atoms with Crippen LogP contribution in [0.15, 0.2) is 54.1 Å². The van der Waals surface area contributed by atoms with Crippen LogP contribution in [0.25, 0.3) is 0 Å². The predicted octanol–water partition coefficient (Wildman–Crippen LogP) is 3.92. The normalized spacial score (nSPS) is 26.0. The molecule has 0 fully saturated rings. The van der Waals surface area contributed by atoms with E-state index in [0.717, 1.165) is 0 Å². The Balaban J connectivity index is 2.29. The molecule has 0 N–H and O–H groups in total. The lowest BCUT2D eigenvalue weighted by molar-refractivity contribution is 0.598. The van der Waals surface area contributed by atoms with Crippen molar-refractivity contribution in [3.8, 4) is 0 Å². The third kappa shape index (κ3) is 1.65. The van der Waals surface area contributed by atoms with Gasteiger partial charge in [-0.2, -0.15) is 0 Å². The molecule has 2 rings (SSSR count). The van der Waals surface area contributed by atoms with Crippen LogP contribution in [0.1, 0.15) is 25.3 Å². The van der Waals surface area contributed by atoms with E-state index >= 15 is 0 Å². The molecule has 0 amide bonds. The van der Waals surface area contributed by atoms with Crippen LogP contribution in [0.4, 0.5) is 0 Å². The van der Waals surface area contributed by atoms with Crippen molar-refractivity contribution >= 4 is 0 Å². The first-order valence-corrected chi connectivity index (χ1v) is 5.19. The summed E-state index contributed by atoms with van der Waals surface area (Å²) in [5.74, 6) is 1.18. The van der Waals surface area contributed by atoms with Gasteiger partial charge in [0, 0.05) is 5.92 Å². The predicted molar refractivity (Wildman–Crippen MR) is 61.2 cm³/mol. The molecule has 0 heterocycles. The van der Waals surface area contributed by atoms with Gasteiger partial charge in [-0.15, -0.1) is 0 Å². The standard InChI is InChI=1S/C14H16/c1-11-7-6-10-14(12(11)2)13-8-4-3-5-9-13/h3-10,12,14H,1-2H3. The van der Waals surface area contributed by atoms with E-state index in [9.17, 15) is 0 Å². The Hall–Kier alpha value is -1.30. The van der Waals surface area contributed by atoms with Gasteiger partial charge in [0.1, 0.15) is 0 Å². The second kappa shape index (κ2) is 3.83. The van der Waals surface area contributed by atoms with Gasteiger partial charge in [0.05, 0.1) is 0 Å². The summed E-state index contributed by atoms with van der Waals surface area (Å²) >= 11 is 0. The molecule has 2 unspecified atom stereocenters. The van der Waals surface area contributed by atoms with E-state index < -0.39 is 0 Å². The monoisotopic (exact) mass is 184 g/mol. The Morgan fingerprint density at radius 1 is 1.07 bits per heavy atom. The Labute approximate surface area is 86.0 Å². The molecule has 14 heavy (non-hydrogen) atoms. The number of allylic oxidation sites excluding steroid dienone is 4. The van der Waals surface area contributed by atoms with E-state index in [1.807, 2.05) is 0 Å². The van der Waals surface area contributed by atoms with Crippen molar-refractivity contribution in [3.63, 3.8) is 0 Å². The molecule has 0 bridgehead atoms. The minimum Gasteiger partial charge on any atom is -0.0764 e. The van der Waals surface area contributed by atoms with E-state index in [1.54, 1.807) is 0 Å². The molecule has 1 aromatic carbocycles. The summed E-state index contributed by atoms with van der Waals surface area (Å²) in [6, 6.07) is 10.7. The molecule has 2 atom stereocenters. The van der Waals surface area contributed by atoms with Crippen LogP contribution < -0.4 is 0 Å².